The highest BCUT2D eigenvalue weighted by atomic mass is 35.5. The number of hydrogen-bond donors (Lipinski definition) is 0. The van der Waals surface area contributed by atoms with Gasteiger partial charge in [-0.15, -0.1) is 0 Å². The highest BCUT2D eigenvalue weighted by Crippen LogP contribution is 2.31. The zero-order valence-corrected chi connectivity index (χ0v) is 16.4. The molecule has 0 fully saturated rings. The number of amides is 1. The summed E-state index contributed by atoms with van der Waals surface area (Å²) < 4.78 is 14.3. The van der Waals surface area contributed by atoms with E-state index in [9.17, 15) is 14.0 Å². The molecule has 1 aliphatic heterocycles. The number of carbonyl (C=O) groups is 2. The third-order valence-corrected chi connectivity index (χ3v) is 5.40. The Bertz CT molecular complexity index is 991. The van der Waals surface area contributed by atoms with Crippen LogP contribution in [0.5, 0.6) is 0 Å². The van der Waals surface area contributed by atoms with Crippen molar-refractivity contribution in [3.8, 4) is 0 Å². The van der Waals surface area contributed by atoms with Crippen LogP contribution in [0.15, 0.2) is 53.2 Å². The first-order chi connectivity index (χ1) is 12.9. The number of halogens is 3. The van der Waals surface area contributed by atoms with Crippen molar-refractivity contribution in [1.29, 1.82) is 0 Å². The second-order valence-corrected chi connectivity index (χ2v) is 7.44. The number of benzene rings is 2. The van der Waals surface area contributed by atoms with E-state index in [-0.39, 0.29) is 28.1 Å². The van der Waals surface area contributed by atoms with E-state index in [0.29, 0.717) is 15.6 Å². The Labute approximate surface area is 169 Å². The van der Waals surface area contributed by atoms with E-state index in [1.54, 1.807) is 30.3 Å². The van der Waals surface area contributed by atoms with Crippen molar-refractivity contribution in [1.82, 2.24) is 0 Å². The maximum atomic E-state index is 14.3. The lowest BCUT2D eigenvalue weighted by atomic mass is 10.2. The molecule has 138 valence electrons. The van der Waals surface area contributed by atoms with E-state index in [1.165, 1.54) is 30.0 Å². The topological polar surface area (TPSA) is 49.7 Å². The van der Waals surface area contributed by atoms with Crippen LogP contribution in [-0.4, -0.2) is 22.6 Å². The Morgan fingerprint density at radius 1 is 1.22 bits per heavy atom. The smallest absolute Gasteiger partial charge is 0.283 e. The van der Waals surface area contributed by atoms with Gasteiger partial charge in [-0.2, -0.15) is 0 Å². The Kier molecular flexibility index (Phi) is 5.99. The SMILES string of the molecule is CC(=O)CSC1=NC(=Cc2ccc(Cl)c(Cl)c2)C(=O)N1c1ccccc1F. The molecule has 0 radical (unpaired) electrons. The van der Waals surface area contributed by atoms with Gasteiger partial charge in [0.25, 0.3) is 5.91 Å². The summed E-state index contributed by atoms with van der Waals surface area (Å²) in [4.78, 5) is 29.7. The molecule has 0 spiro atoms. The molecule has 2 aromatic carbocycles. The number of thioether (sulfide) groups is 1. The third kappa shape index (κ3) is 4.40. The van der Waals surface area contributed by atoms with Crippen LogP contribution < -0.4 is 4.90 Å². The molecule has 1 aliphatic rings. The van der Waals surface area contributed by atoms with Crippen molar-refractivity contribution >= 4 is 63.6 Å². The van der Waals surface area contributed by atoms with Crippen LogP contribution in [-0.2, 0) is 9.59 Å². The number of carbonyl (C=O) groups excluding carboxylic acids is 2. The van der Waals surface area contributed by atoms with Gasteiger partial charge in [0.05, 0.1) is 21.5 Å². The van der Waals surface area contributed by atoms with Crippen LogP contribution in [0.4, 0.5) is 10.1 Å². The molecule has 0 aliphatic carbocycles. The van der Waals surface area contributed by atoms with E-state index in [0.717, 1.165) is 11.8 Å². The number of amidine groups is 1. The van der Waals surface area contributed by atoms with E-state index in [4.69, 9.17) is 23.2 Å². The molecule has 1 amide bonds. The lowest BCUT2D eigenvalue weighted by Gasteiger charge is -2.18. The van der Waals surface area contributed by atoms with E-state index >= 15 is 0 Å². The summed E-state index contributed by atoms with van der Waals surface area (Å²) in [5, 5.41) is 0.981. The van der Waals surface area contributed by atoms with Crippen LogP contribution in [0.3, 0.4) is 0 Å². The van der Waals surface area contributed by atoms with Crippen molar-refractivity contribution < 1.29 is 14.0 Å². The summed E-state index contributed by atoms with van der Waals surface area (Å²) in [5.74, 6) is -1.00. The number of aliphatic imine (C=N–C) groups is 1. The largest absolute Gasteiger partial charge is 0.299 e. The summed E-state index contributed by atoms with van der Waals surface area (Å²) in [6.45, 7) is 1.43. The maximum absolute atomic E-state index is 14.3. The Balaban J connectivity index is 2.02. The first-order valence-corrected chi connectivity index (χ1v) is 9.57. The van der Waals surface area contributed by atoms with Gasteiger partial charge in [0.2, 0.25) is 0 Å². The number of anilines is 1. The van der Waals surface area contributed by atoms with E-state index < -0.39 is 11.7 Å². The van der Waals surface area contributed by atoms with Crippen molar-refractivity contribution in [2.24, 2.45) is 4.99 Å². The number of Topliss-reactive ketones (excluding diaryl/α,β-unsaturated/α-hetero) is 1. The normalized spacial score (nSPS) is 15.4. The van der Waals surface area contributed by atoms with Crippen molar-refractivity contribution in [2.45, 2.75) is 6.92 Å². The summed E-state index contributed by atoms with van der Waals surface area (Å²) in [7, 11) is 0. The lowest BCUT2D eigenvalue weighted by Crippen LogP contribution is -2.31. The minimum Gasteiger partial charge on any atom is -0.299 e. The van der Waals surface area contributed by atoms with Crippen LogP contribution in [0.1, 0.15) is 12.5 Å². The van der Waals surface area contributed by atoms with Crippen molar-refractivity contribution in [2.75, 3.05) is 10.7 Å². The van der Waals surface area contributed by atoms with Gasteiger partial charge < -0.3 is 0 Å². The third-order valence-electron chi connectivity index (χ3n) is 3.57. The number of hydrogen-bond acceptors (Lipinski definition) is 4. The van der Waals surface area contributed by atoms with Gasteiger partial charge in [0.1, 0.15) is 17.3 Å². The molecule has 0 atom stereocenters. The molecule has 0 N–H and O–H groups in total. The Morgan fingerprint density at radius 3 is 2.63 bits per heavy atom. The number of para-hydroxylation sites is 1. The average Bonchev–Trinajstić information content (AvgIpc) is 2.92. The molecule has 0 saturated carbocycles. The van der Waals surface area contributed by atoms with Crippen LogP contribution >= 0.6 is 35.0 Å². The number of nitrogens with zero attached hydrogens (tertiary/aromatic N) is 2. The standard InChI is InChI=1S/C19H13Cl2FN2O2S/c1-11(25)10-27-19-23-16(9-12-6-7-13(20)14(21)8-12)18(26)24(19)17-5-3-2-4-15(17)22/h2-9H,10H2,1H3. The molecule has 8 heteroatoms. The molecule has 0 bridgehead atoms. The first kappa shape index (κ1) is 19.6. The minimum absolute atomic E-state index is 0.0782. The first-order valence-electron chi connectivity index (χ1n) is 7.83. The molecule has 2 aromatic rings. The molecule has 0 saturated heterocycles. The van der Waals surface area contributed by atoms with Crippen molar-refractivity contribution in [3.05, 3.63) is 69.6 Å². The predicted octanol–water partition coefficient (Wildman–Crippen LogP) is 5.20. The van der Waals surface area contributed by atoms with Crippen LogP contribution in [0, 0.1) is 5.82 Å². The Morgan fingerprint density at radius 2 is 1.96 bits per heavy atom. The molecule has 1 heterocycles. The fourth-order valence-corrected chi connectivity index (χ4v) is 3.48. The average molecular weight is 423 g/mol. The predicted molar refractivity (Wildman–Crippen MR) is 109 cm³/mol. The monoisotopic (exact) mass is 422 g/mol. The van der Waals surface area contributed by atoms with Crippen molar-refractivity contribution in [3.63, 3.8) is 0 Å². The summed E-state index contributed by atoms with van der Waals surface area (Å²) in [5.41, 5.74) is 0.820. The van der Waals surface area contributed by atoms with Gasteiger partial charge in [-0.1, -0.05) is 53.2 Å². The van der Waals surface area contributed by atoms with Gasteiger partial charge in [0.15, 0.2) is 5.17 Å². The van der Waals surface area contributed by atoms with Crippen LogP contribution in [0.2, 0.25) is 10.0 Å². The molecule has 4 nitrogen and oxygen atoms in total. The highest BCUT2D eigenvalue weighted by Gasteiger charge is 2.33. The van der Waals surface area contributed by atoms with Gasteiger partial charge in [0, 0.05) is 0 Å². The molecule has 0 unspecified atom stereocenters. The number of rotatable bonds is 4. The second kappa shape index (κ2) is 8.25. The summed E-state index contributed by atoms with van der Waals surface area (Å²) >= 11 is 13.0. The Hall–Kier alpha value is -2.15. The second-order valence-electron chi connectivity index (χ2n) is 5.68. The quantitative estimate of drug-likeness (QED) is 0.636. The molecular weight excluding hydrogens is 410 g/mol. The summed E-state index contributed by atoms with van der Waals surface area (Å²) in [6.07, 6.45) is 1.54. The fourth-order valence-electron chi connectivity index (χ4n) is 2.36. The zero-order chi connectivity index (χ0) is 19.6. The maximum Gasteiger partial charge on any atom is 0.283 e. The minimum atomic E-state index is -0.558. The molecule has 3 rings (SSSR count). The van der Waals surface area contributed by atoms with Gasteiger partial charge in [-0.05, 0) is 42.8 Å². The highest BCUT2D eigenvalue weighted by molar-refractivity contribution is 8.14. The fraction of sp³-hybridized carbons (Fsp3) is 0.105. The molecule has 27 heavy (non-hydrogen) atoms. The van der Waals surface area contributed by atoms with Crippen LogP contribution in [0.25, 0.3) is 6.08 Å². The van der Waals surface area contributed by atoms with Gasteiger partial charge in [-0.25, -0.2) is 9.38 Å². The van der Waals surface area contributed by atoms with Gasteiger partial charge >= 0.3 is 0 Å². The van der Waals surface area contributed by atoms with E-state index in [2.05, 4.69) is 4.99 Å². The number of ketones is 1. The zero-order valence-electron chi connectivity index (χ0n) is 14.1. The lowest BCUT2D eigenvalue weighted by molar-refractivity contribution is -0.115. The van der Waals surface area contributed by atoms with E-state index in [1.807, 2.05) is 0 Å². The van der Waals surface area contributed by atoms with Gasteiger partial charge in [-0.3, -0.25) is 14.5 Å². The molecule has 0 aromatic heterocycles. The molecular formula is C19H13Cl2FN2O2S. The summed E-state index contributed by atoms with van der Waals surface area (Å²) in [6, 6.07) is 10.8.